The third-order valence-electron chi connectivity index (χ3n) is 4.35. The van der Waals surface area contributed by atoms with Gasteiger partial charge in [0.05, 0.1) is 19.3 Å². The molecule has 3 nitrogen and oxygen atoms in total. The molecular formula is C18H28O3. The number of benzene rings is 1. The van der Waals surface area contributed by atoms with Gasteiger partial charge >= 0.3 is 0 Å². The van der Waals surface area contributed by atoms with E-state index in [9.17, 15) is 5.11 Å². The summed E-state index contributed by atoms with van der Waals surface area (Å²) in [6, 6.07) is 5.73. The predicted molar refractivity (Wildman–Crippen MR) is 84.8 cm³/mol. The number of hydrogen-bond acceptors (Lipinski definition) is 3. The number of aliphatic hydroxyl groups is 1. The molecule has 0 unspecified atom stereocenters. The van der Waals surface area contributed by atoms with Crippen molar-refractivity contribution in [3.8, 4) is 11.5 Å². The SMILES string of the molecule is CCCOc1ccc(CO)c(OC2CCC(CC)CC2)c1. The molecule has 0 atom stereocenters. The Morgan fingerprint density at radius 2 is 1.90 bits per heavy atom. The number of hydrogen-bond donors (Lipinski definition) is 1. The molecular weight excluding hydrogens is 264 g/mol. The van der Waals surface area contributed by atoms with Crippen LogP contribution in [0, 0.1) is 5.92 Å². The highest BCUT2D eigenvalue weighted by Crippen LogP contribution is 2.32. The maximum atomic E-state index is 9.47. The summed E-state index contributed by atoms with van der Waals surface area (Å²) in [6.45, 7) is 5.07. The molecule has 21 heavy (non-hydrogen) atoms. The lowest BCUT2D eigenvalue weighted by atomic mass is 9.86. The van der Waals surface area contributed by atoms with Crippen molar-refractivity contribution >= 4 is 0 Å². The standard InChI is InChI=1S/C18H28O3/c1-3-11-20-17-10-7-15(13-19)18(12-17)21-16-8-5-14(4-2)6-9-16/h7,10,12,14,16,19H,3-6,8-9,11,13H2,1-2H3. The van der Waals surface area contributed by atoms with Crippen molar-refractivity contribution < 1.29 is 14.6 Å². The summed E-state index contributed by atoms with van der Waals surface area (Å²) in [4.78, 5) is 0. The normalized spacial score (nSPS) is 22.0. The van der Waals surface area contributed by atoms with E-state index < -0.39 is 0 Å². The van der Waals surface area contributed by atoms with E-state index >= 15 is 0 Å². The minimum absolute atomic E-state index is 0.00764. The van der Waals surface area contributed by atoms with Crippen molar-refractivity contribution in [2.75, 3.05) is 6.61 Å². The Bertz CT molecular complexity index is 422. The molecule has 1 saturated carbocycles. The lowest BCUT2D eigenvalue weighted by Crippen LogP contribution is -2.24. The zero-order valence-electron chi connectivity index (χ0n) is 13.3. The van der Waals surface area contributed by atoms with E-state index in [2.05, 4.69) is 13.8 Å². The van der Waals surface area contributed by atoms with Gasteiger partial charge in [0, 0.05) is 11.6 Å². The Morgan fingerprint density at radius 1 is 1.14 bits per heavy atom. The number of ether oxygens (including phenoxy) is 2. The molecule has 1 aliphatic carbocycles. The predicted octanol–water partition coefficient (Wildman–Crippen LogP) is 4.32. The highest BCUT2D eigenvalue weighted by molar-refractivity contribution is 5.40. The molecule has 0 heterocycles. The minimum atomic E-state index is 0.00764. The molecule has 0 aliphatic heterocycles. The van der Waals surface area contributed by atoms with Crippen LogP contribution in [0.5, 0.6) is 11.5 Å². The minimum Gasteiger partial charge on any atom is -0.493 e. The molecule has 0 spiro atoms. The summed E-state index contributed by atoms with van der Waals surface area (Å²) in [5, 5.41) is 9.47. The van der Waals surface area contributed by atoms with Crippen molar-refractivity contribution in [3.05, 3.63) is 23.8 Å². The molecule has 1 aromatic rings. The first kappa shape index (κ1) is 16.2. The van der Waals surface area contributed by atoms with Crippen LogP contribution in [0.3, 0.4) is 0 Å². The van der Waals surface area contributed by atoms with Crippen LogP contribution >= 0.6 is 0 Å². The van der Waals surface area contributed by atoms with E-state index in [1.54, 1.807) is 0 Å². The molecule has 0 amide bonds. The molecule has 0 saturated heterocycles. The summed E-state index contributed by atoms with van der Waals surface area (Å²) < 4.78 is 11.8. The molecule has 0 bridgehead atoms. The average molecular weight is 292 g/mol. The van der Waals surface area contributed by atoms with Crippen LogP contribution in [0.2, 0.25) is 0 Å². The van der Waals surface area contributed by atoms with Gasteiger partial charge in [-0.3, -0.25) is 0 Å². The van der Waals surface area contributed by atoms with E-state index in [0.29, 0.717) is 6.61 Å². The van der Waals surface area contributed by atoms with E-state index in [4.69, 9.17) is 9.47 Å². The Labute approximate surface area is 128 Å². The summed E-state index contributed by atoms with van der Waals surface area (Å²) in [5.74, 6) is 2.47. The summed E-state index contributed by atoms with van der Waals surface area (Å²) >= 11 is 0. The Hall–Kier alpha value is -1.22. The molecule has 3 heteroatoms. The van der Waals surface area contributed by atoms with Crippen LogP contribution in [0.4, 0.5) is 0 Å². The fourth-order valence-corrected chi connectivity index (χ4v) is 2.92. The van der Waals surface area contributed by atoms with Gasteiger partial charge < -0.3 is 14.6 Å². The van der Waals surface area contributed by atoms with Gasteiger partial charge in [0.15, 0.2) is 0 Å². The van der Waals surface area contributed by atoms with Gasteiger partial charge in [-0.2, -0.15) is 0 Å². The Morgan fingerprint density at radius 3 is 2.52 bits per heavy atom. The van der Waals surface area contributed by atoms with Gasteiger partial charge in [0.25, 0.3) is 0 Å². The monoisotopic (exact) mass is 292 g/mol. The largest absolute Gasteiger partial charge is 0.493 e. The van der Waals surface area contributed by atoms with Crippen LogP contribution in [-0.2, 0) is 6.61 Å². The van der Waals surface area contributed by atoms with Crippen LogP contribution in [0.25, 0.3) is 0 Å². The van der Waals surface area contributed by atoms with Crippen molar-refractivity contribution in [1.29, 1.82) is 0 Å². The molecule has 118 valence electrons. The average Bonchev–Trinajstić information content (AvgIpc) is 2.54. The third kappa shape index (κ3) is 4.63. The maximum absolute atomic E-state index is 9.47. The maximum Gasteiger partial charge on any atom is 0.128 e. The van der Waals surface area contributed by atoms with E-state index in [0.717, 1.165) is 42.2 Å². The first-order valence-corrected chi connectivity index (χ1v) is 8.30. The molecule has 0 radical (unpaired) electrons. The van der Waals surface area contributed by atoms with Crippen LogP contribution in [0.15, 0.2) is 18.2 Å². The molecule has 1 aliphatic rings. The van der Waals surface area contributed by atoms with Gasteiger partial charge in [-0.25, -0.2) is 0 Å². The molecule has 1 aromatic carbocycles. The Balaban J connectivity index is 2.00. The summed E-state index contributed by atoms with van der Waals surface area (Å²) in [7, 11) is 0. The molecule has 0 aromatic heterocycles. The highest BCUT2D eigenvalue weighted by atomic mass is 16.5. The van der Waals surface area contributed by atoms with Crippen LogP contribution in [-0.4, -0.2) is 17.8 Å². The second-order valence-electron chi connectivity index (χ2n) is 5.94. The van der Waals surface area contributed by atoms with Gasteiger partial charge in [-0.05, 0) is 50.2 Å². The smallest absolute Gasteiger partial charge is 0.128 e. The van der Waals surface area contributed by atoms with E-state index in [1.807, 2.05) is 18.2 Å². The Kier molecular flexibility index (Phi) is 6.37. The van der Waals surface area contributed by atoms with Gasteiger partial charge in [0.2, 0.25) is 0 Å². The zero-order valence-corrected chi connectivity index (χ0v) is 13.3. The third-order valence-corrected chi connectivity index (χ3v) is 4.35. The lowest BCUT2D eigenvalue weighted by Gasteiger charge is -2.29. The fourth-order valence-electron chi connectivity index (χ4n) is 2.92. The first-order valence-electron chi connectivity index (χ1n) is 8.30. The van der Waals surface area contributed by atoms with E-state index in [-0.39, 0.29) is 12.7 Å². The molecule has 2 rings (SSSR count). The summed E-state index contributed by atoms with van der Waals surface area (Å²) in [5.41, 5.74) is 0.844. The van der Waals surface area contributed by atoms with Gasteiger partial charge in [-0.15, -0.1) is 0 Å². The summed E-state index contributed by atoms with van der Waals surface area (Å²) in [6.07, 6.45) is 7.27. The van der Waals surface area contributed by atoms with E-state index in [1.165, 1.54) is 19.3 Å². The highest BCUT2D eigenvalue weighted by Gasteiger charge is 2.22. The fraction of sp³-hybridized carbons (Fsp3) is 0.667. The van der Waals surface area contributed by atoms with Crippen LogP contribution in [0.1, 0.15) is 57.9 Å². The second-order valence-corrected chi connectivity index (χ2v) is 5.94. The second kappa shape index (κ2) is 8.28. The number of aliphatic hydroxyl groups excluding tert-OH is 1. The quantitative estimate of drug-likeness (QED) is 0.813. The van der Waals surface area contributed by atoms with Crippen molar-refractivity contribution in [2.24, 2.45) is 5.92 Å². The zero-order chi connectivity index (χ0) is 15.1. The topological polar surface area (TPSA) is 38.7 Å². The van der Waals surface area contributed by atoms with Crippen molar-refractivity contribution in [1.82, 2.24) is 0 Å². The first-order chi connectivity index (χ1) is 10.3. The van der Waals surface area contributed by atoms with Crippen molar-refractivity contribution in [3.63, 3.8) is 0 Å². The lowest BCUT2D eigenvalue weighted by molar-refractivity contribution is 0.126. The van der Waals surface area contributed by atoms with Gasteiger partial charge in [0.1, 0.15) is 11.5 Å². The van der Waals surface area contributed by atoms with Crippen LogP contribution < -0.4 is 9.47 Å². The van der Waals surface area contributed by atoms with Gasteiger partial charge in [-0.1, -0.05) is 20.3 Å². The number of rotatable bonds is 7. The van der Waals surface area contributed by atoms with Crippen molar-refractivity contribution in [2.45, 2.75) is 65.1 Å². The molecule has 1 fully saturated rings. The molecule has 1 N–H and O–H groups in total.